The van der Waals surface area contributed by atoms with Crippen LogP contribution in [0, 0.1) is 0 Å². The summed E-state index contributed by atoms with van der Waals surface area (Å²) in [6.45, 7) is 1.59. The standard InChI is InChI=1S/C18H22N2O3S/c1-23-13-15-8-6-14(7-9-15)12-20-17(21)5-2-10-19-18(22)16-4-3-11-24-16/h3-4,6-9,11H,2,5,10,12-13H2,1H3,(H,19,22)(H,20,21). The minimum absolute atomic E-state index is 0.0126. The van der Waals surface area contributed by atoms with E-state index < -0.39 is 0 Å². The van der Waals surface area contributed by atoms with Crippen LogP contribution in [0.15, 0.2) is 41.8 Å². The first-order chi connectivity index (χ1) is 11.7. The molecule has 24 heavy (non-hydrogen) atoms. The summed E-state index contributed by atoms with van der Waals surface area (Å²) in [5.74, 6) is -0.0945. The lowest BCUT2D eigenvalue weighted by atomic mass is 10.1. The topological polar surface area (TPSA) is 67.4 Å². The molecule has 1 aromatic heterocycles. The number of rotatable bonds is 9. The largest absolute Gasteiger partial charge is 0.380 e. The van der Waals surface area contributed by atoms with Gasteiger partial charge in [0.05, 0.1) is 11.5 Å². The van der Waals surface area contributed by atoms with E-state index in [9.17, 15) is 9.59 Å². The molecule has 2 amide bonds. The molecule has 0 aliphatic carbocycles. The summed E-state index contributed by atoms with van der Waals surface area (Å²) in [5.41, 5.74) is 2.16. The summed E-state index contributed by atoms with van der Waals surface area (Å²) in [6.07, 6.45) is 1.02. The van der Waals surface area contributed by atoms with Crippen LogP contribution < -0.4 is 10.6 Å². The van der Waals surface area contributed by atoms with E-state index in [2.05, 4.69) is 10.6 Å². The lowest BCUT2D eigenvalue weighted by molar-refractivity contribution is -0.121. The SMILES string of the molecule is COCc1ccc(CNC(=O)CCCNC(=O)c2cccs2)cc1. The highest BCUT2D eigenvalue weighted by Gasteiger charge is 2.06. The van der Waals surface area contributed by atoms with Gasteiger partial charge in [0, 0.05) is 26.6 Å². The van der Waals surface area contributed by atoms with E-state index in [0.29, 0.717) is 37.4 Å². The van der Waals surface area contributed by atoms with Crippen molar-refractivity contribution in [1.29, 1.82) is 0 Å². The first-order valence-electron chi connectivity index (χ1n) is 7.84. The molecule has 0 unspecified atom stereocenters. The molecule has 2 N–H and O–H groups in total. The molecule has 2 aromatic rings. The number of carbonyl (C=O) groups excluding carboxylic acids is 2. The van der Waals surface area contributed by atoms with Gasteiger partial charge in [-0.25, -0.2) is 0 Å². The second-order valence-electron chi connectivity index (χ2n) is 5.36. The van der Waals surface area contributed by atoms with Crippen molar-refractivity contribution in [3.63, 3.8) is 0 Å². The minimum Gasteiger partial charge on any atom is -0.380 e. The van der Waals surface area contributed by atoms with Gasteiger partial charge in [-0.15, -0.1) is 11.3 Å². The fraction of sp³-hybridized carbons (Fsp3) is 0.333. The molecule has 0 saturated carbocycles. The Bertz CT molecular complexity index is 639. The van der Waals surface area contributed by atoms with E-state index in [1.54, 1.807) is 13.2 Å². The number of hydrogen-bond donors (Lipinski definition) is 2. The monoisotopic (exact) mass is 346 g/mol. The minimum atomic E-state index is -0.0819. The fourth-order valence-corrected chi connectivity index (χ4v) is 2.79. The van der Waals surface area contributed by atoms with Crippen LogP contribution in [0.3, 0.4) is 0 Å². The molecular weight excluding hydrogens is 324 g/mol. The summed E-state index contributed by atoms with van der Waals surface area (Å²) in [4.78, 5) is 24.2. The van der Waals surface area contributed by atoms with Crippen molar-refractivity contribution < 1.29 is 14.3 Å². The maximum absolute atomic E-state index is 11.8. The van der Waals surface area contributed by atoms with Crippen LogP contribution in [0.4, 0.5) is 0 Å². The molecule has 2 rings (SSSR count). The van der Waals surface area contributed by atoms with Crippen molar-refractivity contribution >= 4 is 23.2 Å². The third-order valence-corrected chi connectivity index (χ3v) is 4.30. The highest BCUT2D eigenvalue weighted by molar-refractivity contribution is 7.12. The number of thiophene rings is 1. The van der Waals surface area contributed by atoms with Gasteiger partial charge in [0.15, 0.2) is 0 Å². The van der Waals surface area contributed by atoms with Crippen LogP contribution in [0.1, 0.15) is 33.6 Å². The quantitative estimate of drug-likeness (QED) is 0.686. The molecule has 128 valence electrons. The molecule has 0 saturated heterocycles. The van der Waals surface area contributed by atoms with Gasteiger partial charge in [0.25, 0.3) is 5.91 Å². The van der Waals surface area contributed by atoms with Gasteiger partial charge >= 0.3 is 0 Å². The number of carbonyl (C=O) groups is 2. The third kappa shape index (κ3) is 6.14. The van der Waals surface area contributed by atoms with E-state index in [1.807, 2.05) is 35.7 Å². The summed E-state index contributed by atoms with van der Waals surface area (Å²) in [7, 11) is 1.66. The second kappa shape index (κ2) is 9.85. The Morgan fingerprint density at radius 1 is 1.08 bits per heavy atom. The highest BCUT2D eigenvalue weighted by Crippen LogP contribution is 2.08. The molecule has 0 atom stereocenters. The molecule has 1 aromatic carbocycles. The van der Waals surface area contributed by atoms with Gasteiger partial charge in [-0.3, -0.25) is 9.59 Å². The summed E-state index contributed by atoms with van der Waals surface area (Å²) >= 11 is 1.41. The second-order valence-corrected chi connectivity index (χ2v) is 6.31. The molecular formula is C18H22N2O3S. The van der Waals surface area contributed by atoms with Crippen molar-refractivity contribution in [2.45, 2.75) is 26.0 Å². The first-order valence-corrected chi connectivity index (χ1v) is 8.72. The first kappa shape index (κ1) is 18.2. The zero-order valence-electron chi connectivity index (χ0n) is 13.7. The van der Waals surface area contributed by atoms with E-state index in [0.717, 1.165) is 11.1 Å². The summed E-state index contributed by atoms with van der Waals surface area (Å²) < 4.78 is 5.06. The molecule has 0 spiro atoms. The third-order valence-electron chi connectivity index (χ3n) is 3.43. The number of ether oxygens (including phenoxy) is 1. The number of hydrogen-bond acceptors (Lipinski definition) is 4. The molecule has 0 fully saturated rings. The Morgan fingerprint density at radius 2 is 1.83 bits per heavy atom. The van der Waals surface area contributed by atoms with Gasteiger partial charge in [-0.2, -0.15) is 0 Å². The Hall–Kier alpha value is -2.18. The summed E-state index contributed by atoms with van der Waals surface area (Å²) in [5, 5.41) is 7.56. The molecule has 0 aliphatic rings. The number of benzene rings is 1. The van der Waals surface area contributed by atoms with Crippen LogP contribution in [-0.4, -0.2) is 25.5 Å². The number of amides is 2. The van der Waals surface area contributed by atoms with Crippen LogP contribution in [-0.2, 0) is 22.7 Å². The Kier molecular flexibility index (Phi) is 7.45. The normalized spacial score (nSPS) is 10.4. The molecule has 5 nitrogen and oxygen atoms in total. The molecule has 6 heteroatoms. The van der Waals surface area contributed by atoms with Gasteiger partial charge in [0.2, 0.25) is 5.91 Å². The van der Waals surface area contributed by atoms with Crippen LogP contribution in [0.2, 0.25) is 0 Å². The van der Waals surface area contributed by atoms with Crippen molar-refractivity contribution in [2.75, 3.05) is 13.7 Å². The van der Waals surface area contributed by atoms with Gasteiger partial charge in [-0.1, -0.05) is 30.3 Å². The van der Waals surface area contributed by atoms with Crippen LogP contribution >= 0.6 is 11.3 Å². The smallest absolute Gasteiger partial charge is 0.261 e. The lowest BCUT2D eigenvalue weighted by Gasteiger charge is -2.07. The molecule has 0 aliphatic heterocycles. The van der Waals surface area contributed by atoms with E-state index in [-0.39, 0.29) is 11.8 Å². The van der Waals surface area contributed by atoms with Crippen LogP contribution in [0.25, 0.3) is 0 Å². The Balaban J connectivity index is 1.60. The van der Waals surface area contributed by atoms with E-state index in [4.69, 9.17) is 4.74 Å². The van der Waals surface area contributed by atoms with E-state index in [1.165, 1.54) is 11.3 Å². The molecule has 0 radical (unpaired) electrons. The number of methoxy groups -OCH3 is 1. The molecule has 1 heterocycles. The van der Waals surface area contributed by atoms with Gasteiger partial charge in [-0.05, 0) is 29.0 Å². The average Bonchev–Trinajstić information content (AvgIpc) is 3.13. The summed E-state index contributed by atoms with van der Waals surface area (Å²) in [6, 6.07) is 11.6. The predicted octanol–water partition coefficient (Wildman–Crippen LogP) is 2.72. The fourth-order valence-electron chi connectivity index (χ4n) is 2.15. The van der Waals surface area contributed by atoms with Crippen LogP contribution in [0.5, 0.6) is 0 Å². The maximum atomic E-state index is 11.8. The van der Waals surface area contributed by atoms with E-state index >= 15 is 0 Å². The van der Waals surface area contributed by atoms with Gasteiger partial charge < -0.3 is 15.4 Å². The Labute approximate surface area is 146 Å². The van der Waals surface area contributed by atoms with Crippen molar-refractivity contribution in [3.8, 4) is 0 Å². The maximum Gasteiger partial charge on any atom is 0.261 e. The van der Waals surface area contributed by atoms with Crippen molar-refractivity contribution in [1.82, 2.24) is 10.6 Å². The number of nitrogens with one attached hydrogen (secondary N) is 2. The zero-order valence-corrected chi connectivity index (χ0v) is 14.5. The predicted molar refractivity (Wildman–Crippen MR) is 94.9 cm³/mol. The zero-order chi connectivity index (χ0) is 17.2. The Morgan fingerprint density at radius 3 is 2.50 bits per heavy atom. The van der Waals surface area contributed by atoms with Gasteiger partial charge in [0.1, 0.15) is 0 Å². The molecule has 0 bridgehead atoms. The van der Waals surface area contributed by atoms with Crippen molar-refractivity contribution in [3.05, 3.63) is 57.8 Å². The lowest BCUT2D eigenvalue weighted by Crippen LogP contribution is -2.26. The average molecular weight is 346 g/mol. The van der Waals surface area contributed by atoms with Crippen molar-refractivity contribution in [2.24, 2.45) is 0 Å². The highest BCUT2D eigenvalue weighted by atomic mass is 32.1.